The predicted molar refractivity (Wildman–Crippen MR) is 101 cm³/mol. The second kappa shape index (κ2) is 6.61. The van der Waals surface area contributed by atoms with Gasteiger partial charge in [0.1, 0.15) is 11.6 Å². The predicted octanol–water partition coefficient (Wildman–Crippen LogP) is 3.65. The average molecular weight is 370 g/mol. The number of imidazole rings is 1. The monoisotopic (exact) mass is 369 g/mol. The van der Waals surface area contributed by atoms with E-state index in [4.69, 9.17) is 16.6 Å². The Balaban J connectivity index is 1.73. The van der Waals surface area contributed by atoms with E-state index in [0.29, 0.717) is 18.0 Å². The van der Waals surface area contributed by atoms with Gasteiger partial charge in [-0.3, -0.25) is 4.79 Å². The summed E-state index contributed by atoms with van der Waals surface area (Å²) in [7, 11) is 0. The summed E-state index contributed by atoms with van der Waals surface area (Å²) in [6.45, 7) is 4.56. The van der Waals surface area contributed by atoms with Crippen molar-refractivity contribution in [2.24, 2.45) is 0 Å². The van der Waals surface area contributed by atoms with Gasteiger partial charge in [-0.2, -0.15) is 5.10 Å². The maximum atomic E-state index is 12.4. The summed E-state index contributed by atoms with van der Waals surface area (Å²) < 4.78 is 1.79. The topological polar surface area (TPSA) is 75.6 Å². The molecule has 1 aromatic carbocycles. The second-order valence-electron chi connectivity index (χ2n) is 6.55. The number of hydrogen-bond donors (Lipinski definition) is 2. The number of H-pyrrole nitrogens is 1. The van der Waals surface area contributed by atoms with E-state index in [-0.39, 0.29) is 11.8 Å². The maximum absolute atomic E-state index is 12.4. The molecule has 1 unspecified atom stereocenters. The summed E-state index contributed by atoms with van der Waals surface area (Å²) in [5.41, 5.74) is 3.89. The second-order valence-corrected chi connectivity index (χ2v) is 6.96. The fourth-order valence-electron chi connectivity index (χ4n) is 3.47. The highest BCUT2D eigenvalue weighted by Crippen LogP contribution is 2.37. The van der Waals surface area contributed by atoms with Crippen molar-refractivity contribution in [2.45, 2.75) is 39.2 Å². The lowest BCUT2D eigenvalue weighted by atomic mass is 9.90. The lowest BCUT2D eigenvalue weighted by Crippen LogP contribution is -2.25. The molecule has 134 valence electrons. The molecule has 0 aliphatic carbocycles. The Hall–Kier alpha value is -2.60. The van der Waals surface area contributed by atoms with Crippen LogP contribution in [0.25, 0.3) is 0 Å². The molecule has 1 aliphatic heterocycles. The molecule has 0 radical (unpaired) electrons. The molecule has 0 fully saturated rings. The number of amides is 1. The summed E-state index contributed by atoms with van der Waals surface area (Å²) >= 11 is 6.27. The first-order valence-corrected chi connectivity index (χ1v) is 9.09. The standard InChI is InChI=1S/C19H20ClN5O/c1-3-16-22-11(2)18(23-16)13-8-17(26)24-19-14(13)9-21-25(19)10-12-6-4-5-7-15(12)20/h4-7,9,13H,3,8,10H2,1-2H3,(H,22,23)(H,24,26). The van der Waals surface area contributed by atoms with Crippen LogP contribution in [0, 0.1) is 6.92 Å². The quantitative estimate of drug-likeness (QED) is 0.737. The van der Waals surface area contributed by atoms with Crippen molar-refractivity contribution in [2.75, 3.05) is 5.32 Å². The van der Waals surface area contributed by atoms with Crippen molar-refractivity contribution < 1.29 is 4.79 Å². The molecular formula is C19H20ClN5O. The number of carbonyl (C=O) groups excluding carboxylic acids is 1. The number of rotatable bonds is 4. The molecule has 26 heavy (non-hydrogen) atoms. The number of aromatic amines is 1. The van der Waals surface area contributed by atoms with E-state index in [2.05, 4.69) is 22.3 Å². The van der Waals surface area contributed by atoms with Crippen LogP contribution in [0.5, 0.6) is 0 Å². The van der Waals surface area contributed by atoms with Crippen LogP contribution in [0.2, 0.25) is 5.02 Å². The van der Waals surface area contributed by atoms with Gasteiger partial charge in [0.05, 0.1) is 18.4 Å². The SMILES string of the molecule is CCc1nc(C2CC(=O)Nc3c2cnn3Cc2ccccc2Cl)c(C)[nH]1. The number of nitrogens with zero attached hydrogens (tertiary/aromatic N) is 3. The van der Waals surface area contributed by atoms with Crippen LogP contribution >= 0.6 is 11.6 Å². The van der Waals surface area contributed by atoms with Gasteiger partial charge >= 0.3 is 0 Å². The fraction of sp³-hybridized carbons (Fsp3) is 0.316. The van der Waals surface area contributed by atoms with E-state index in [1.54, 1.807) is 4.68 Å². The molecule has 3 heterocycles. The number of hydrogen-bond acceptors (Lipinski definition) is 3. The van der Waals surface area contributed by atoms with Gasteiger partial charge in [0.2, 0.25) is 5.91 Å². The first kappa shape index (κ1) is 16.8. The van der Waals surface area contributed by atoms with E-state index >= 15 is 0 Å². The third-order valence-electron chi connectivity index (χ3n) is 4.80. The van der Waals surface area contributed by atoms with Gasteiger partial charge in [-0.05, 0) is 18.6 Å². The van der Waals surface area contributed by atoms with Gasteiger partial charge in [0, 0.05) is 35.0 Å². The normalized spacial score (nSPS) is 16.4. The summed E-state index contributed by atoms with van der Waals surface area (Å²) in [5.74, 6) is 1.55. The Kier molecular flexibility index (Phi) is 4.28. The largest absolute Gasteiger partial charge is 0.346 e. The van der Waals surface area contributed by atoms with Crippen LogP contribution < -0.4 is 5.32 Å². The minimum atomic E-state index is -0.0877. The average Bonchev–Trinajstić information content (AvgIpc) is 3.20. The van der Waals surface area contributed by atoms with Gasteiger partial charge in [-0.15, -0.1) is 0 Å². The Morgan fingerprint density at radius 1 is 1.35 bits per heavy atom. The molecule has 6 nitrogen and oxygen atoms in total. The third kappa shape index (κ3) is 2.90. The lowest BCUT2D eigenvalue weighted by molar-refractivity contribution is -0.116. The van der Waals surface area contributed by atoms with Crippen LogP contribution in [0.3, 0.4) is 0 Å². The minimum absolute atomic E-state index is 0.0242. The minimum Gasteiger partial charge on any atom is -0.346 e. The smallest absolute Gasteiger partial charge is 0.226 e. The first-order valence-electron chi connectivity index (χ1n) is 8.71. The van der Waals surface area contributed by atoms with Crippen LogP contribution in [0.4, 0.5) is 5.82 Å². The molecule has 2 aromatic heterocycles. The Morgan fingerprint density at radius 2 is 2.15 bits per heavy atom. The van der Waals surface area contributed by atoms with Crippen molar-refractivity contribution in [1.82, 2.24) is 19.7 Å². The molecular weight excluding hydrogens is 350 g/mol. The van der Waals surface area contributed by atoms with E-state index in [9.17, 15) is 4.79 Å². The van der Waals surface area contributed by atoms with Crippen LogP contribution in [-0.2, 0) is 17.8 Å². The number of benzene rings is 1. The Morgan fingerprint density at radius 3 is 2.88 bits per heavy atom. The summed E-state index contributed by atoms with van der Waals surface area (Å²) in [6.07, 6.45) is 3.04. The Labute approximate surface area is 156 Å². The van der Waals surface area contributed by atoms with E-state index < -0.39 is 0 Å². The molecule has 4 rings (SSSR count). The molecule has 3 aromatic rings. The van der Waals surface area contributed by atoms with E-state index in [1.807, 2.05) is 37.4 Å². The molecule has 1 atom stereocenters. The molecule has 0 bridgehead atoms. The molecule has 0 saturated carbocycles. The highest BCUT2D eigenvalue weighted by molar-refractivity contribution is 6.31. The highest BCUT2D eigenvalue weighted by Gasteiger charge is 2.32. The van der Waals surface area contributed by atoms with Crippen LogP contribution in [-0.4, -0.2) is 25.7 Å². The zero-order valence-corrected chi connectivity index (χ0v) is 15.5. The summed E-state index contributed by atoms with van der Waals surface area (Å²) in [6, 6.07) is 7.66. The van der Waals surface area contributed by atoms with Gasteiger partial charge in [-0.25, -0.2) is 9.67 Å². The van der Waals surface area contributed by atoms with Gasteiger partial charge < -0.3 is 10.3 Å². The van der Waals surface area contributed by atoms with Crippen molar-refractivity contribution in [1.29, 1.82) is 0 Å². The fourth-order valence-corrected chi connectivity index (χ4v) is 3.66. The summed E-state index contributed by atoms with van der Waals surface area (Å²) in [5, 5.41) is 8.16. The number of anilines is 1. The van der Waals surface area contributed by atoms with Crippen molar-refractivity contribution in [3.63, 3.8) is 0 Å². The van der Waals surface area contributed by atoms with Crippen LogP contribution in [0.15, 0.2) is 30.5 Å². The molecule has 1 amide bonds. The van der Waals surface area contributed by atoms with Gasteiger partial charge in [0.15, 0.2) is 0 Å². The van der Waals surface area contributed by atoms with E-state index in [1.165, 1.54) is 0 Å². The molecule has 0 spiro atoms. The van der Waals surface area contributed by atoms with Crippen LogP contribution in [0.1, 0.15) is 47.6 Å². The number of aryl methyl sites for hydroxylation is 2. The zero-order valence-electron chi connectivity index (χ0n) is 14.7. The molecule has 2 N–H and O–H groups in total. The Bertz CT molecular complexity index is 974. The first-order chi connectivity index (χ1) is 12.6. The third-order valence-corrected chi connectivity index (χ3v) is 5.17. The molecule has 1 aliphatic rings. The number of carbonyl (C=O) groups is 1. The van der Waals surface area contributed by atoms with Gasteiger partial charge in [-0.1, -0.05) is 36.7 Å². The lowest BCUT2D eigenvalue weighted by Gasteiger charge is -2.23. The van der Waals surface area contributed by atoms with Crippen molar-refractivity contribution in [3.8, 4) is 0 Å². The number of nitrogens with one attached hydrogen (secondary N) is 2. The number of halogens is 1. The summed E-state index contributed by atoms with van der Waals surface area (Å²) in [4.78, 5) is 20.4. The number of aromatic nitrogens is 4. The van der Waals surface area contributed by atoms with E-state index in [0.717, 1.165) is 40.6 Å². The van der Waals surface area contributed by atoms with Crippen molar-refractivity contribution in [3.05, 3.63) is 63.8 Å². The highest BCUT2D eigenvalue weighted by atomic mass is 35.5. The molecule has 0 saturated heterocycles. The zero-order chi connectivity index (χ0) is 18.3. The van der Waals surface area contributed by atoms with Crippen molar-refractivity contribution >= 4 is 23.3 Å². The maximum Gasteiger partial charge on any atom is 0.226 e. The molecule has 7 heteroatoms. The number of fused-ring (bicyclic) bond motifs is 1. The van der Waals surface area contributed by atoms with Gasteiger partial charge in [0.25, 0.3) is 0 Å².